The Kier molecular flexibility index (Phi) is 7.04. The van der Waals surface area contributed by atoms with Crippen molar-refractivity contribution in [2.45, 2.75) is 39.5 Å². The summed E-state index contributed by atoms with van der Waals surface area (Å²) in [6.07, 6.45) is 2.81. The van der Waals surface area contributed by atoms with Crippen LogP contribution < -0.4 is 15.4 Å². The van der Waals surface area contributed by atoms with Crippen LogP contribution >= 0.6 is 22.9 Å². The fraction of sp³-hybridized carbons (Fsp3) is 0.194. The molecule has 0 aliphatic rings. The lowest BCUT2D eigenvalue weighted by molar-refractivity contribution is 0.262. The molecule has 0 unspecified atom stereocenters. The number of imidazole rings is 1. The van der Waals surface area contributed by atoms with Crippen molar-refractivity contribution in [1.82, 2.24) is 19.2 Å². The number of fused-ring (bicyclic) bond motifs is 3. The summed E-state index contributed by atoms with van der Waals surface area (Å²) in [4.78, 5) is 18.5. The zero-order valence-corrected chi connectivity index (χ0v) is 25.0. The third-order valence-electron chi connectivity index (χ3n) is 6.78. The first-order chi connectivity index (χ1) is 20.1. The molecule has 0 aliphatic heterocycles. The van der Waals surface area contributed by atoms with E-state index < -0.39 is 6.03 Å². The maximum absolute atomic E-state index is 13.0. The van der Waals surface area contributed by atoms with Crippen LogP contribution in [-0.2, 0) is 11.8 Å². The number of nitrogens with zero attached hydrogens (tertiary/aromatic N) is 4. The van der Waals surface area contributed by atoms with Crippen molar-refractivity contribution in [3.8, 4) is 22.9 Å². The van der Waals surface area contributed by atoms with Gasteiger partial charge < -0.3 is 15.2 Å². The SMILES string of the molecule is CCc1cnc2sc3ccc(Oc4ccc(NC(=O)Nc5cc(C(C)(C)C)nn5-c5ccc(O)c(Cl)c5)cc4)cc3n12. The van der Waals surface area contributed by atoms with Gasteiger partial charge in [0.1, 0.15) is 23.1 Å². The Morgan fingerprint density at radius 3 is 2.50 bits per heavy atom. The van der Waals surface area contributed by atoms with Crippen molar-refractivity contribution in [3.63, 3.8) is 0 Å². The number of phenolic OH excluding ortho intramolecular Hbond substituents is 1. The van der Waals surface area contributed by atoms with Gasteiger partial charge in [0.25, 0.3) is 0 Å². The molecular formula is C31H29ClN6O3S. The van der Waals surface area contributed by atoms with E-state index >= 15 is 0 Å². The van der Waals surface area contributed by atoms with Gasteiger partial charge >= 0.3 is 6.03 Å². The maximum Gasteiger partial charge on any atom is 0.324 e. The summed E-state index contributed by atoms with van der Waals surface area (Å²) in [5.74, 6) is 1.79. The molecule has 42 heavy (non-hydrogen) atoms. The smallest absolute Gasteiger partial charge is 0.324 e. The third-order valence-corrected chi connectivity index (χ3v) is 8.12. The minimum atomic E-state index is -0.436. The fourth-order valence-corrected chi connectivity index (χ4v) is 5.72. The third kappa shape index (κ3) is 5.38. The molecule has 2 amide bonds. The quantitative estimate of drug-likeness (QED) is 0.178. The Balaban J connectivity index is 1.17. The number of carbonyl (C=O) groups excluding carboxylic acids is 1. The number of aromatic hydroxyl groups is 1. The van der Waals surface area contributed by atoms with E-state index in [9.17, 15) is 9.90 Å². The number of hydrogen-bond donors (Lipinski definition) is 3. The fourth-order valence-electron chi connectivity index (χ4n) is 4.55. The Morgan fingerprint density at radius 2 is 1.79 bits per heavy atom. The minimum Gasteiger partial charge on any atom is -0.506 e. The minimum absolute atomic E-state index is 0.0311. The molecule has 0 spiro atoms. The molecular weight excluding hydrogens is 572 g/mol. The highest BCUT2D eigenvalue weighted by atomic mass is 35.5. The number of anilines is 2. The zero-order chi connectivity index (χ0) is 29.6. The van der Waals surface area contributed by atoms with Gasteiger partial charge in [0, 0.05) is 28.9 Å². The van der Waals surface area contributed by atoms with E-state index in [-0.39, 0.29) is 16.2 Å². The summed E-state index contributed by atoms with van der Waals surface area (Å²) in [5, 5.41) is 20.4. The lowest BCUT2D eigenvalue weighted by Gasteiger charge is -2.14. The van der Waals surface area contributed by atoms with Gasteiger partial charge in [-0.25, -0.2) is 14.5 Å². The highest BCUT2D eigenvalue weighted by Crippen LogP contribution is 2.33. The summed E-state index contributed by atoms with van der Waals surface area (Å²) in [6, 6.07) is 19.3. The normalized spacial score (nSPS) is 11.7. The highest BCUT2D eigenvalue weighted by Gasteiger charge is 2.22. The van der Waals surface area contributed by atoms with Crippen molar-refractivity contribution in [2.75, 3.05) is 10.6 Å². The van der Waals surface area contributed by atoms with E-state index in [4.69, 9.17) is 16.3 Å². The van der Waals surface area contributed by atoms with Crippen molar-refractivity contribution >= 4 is 55.7 Å². The molecule has 3 aromatic heterocycles. The number of thiazole rings is 1. The molecule has 0 saturated carbocycles. The first-order valence-corrected chi connectivity index (χ1v) is 14.6. The first kappa shape index (κ1) is 27.6. The lowest BCUT2D eigenvalue weighted by Crippen LogP contribution is -2.21. The first-order valence-electron chi connectivity index (χ1n) is 13.4. The Hall–Kier alpha value is -4.54. The summed E-state index contributed by atoms with van der Waals surface area (Å²) in [6.45, 7) is 8.23. The monoisotopic (exact) mass is 600 g/mol. The molecule has 0 bridgehead atoms. The van der Waals surface area contributed by atoms with Gasteiger partial charge in [-0.15, -0.1) is 0 Å². The number of hydrogen-bond acceptors (Lipinski definition) is 6. The van der Waals surface area contributed by atoms with Crippen LogP contribution in [0.2, 0.25) is 5.02 Å². The molecule has 3 aromatic carbocycles. The second-order valence-corrected chi connectivity index (χ2v) is 12.3. The molecule has 0 radical (unpaired) electrons. The van der Waals surface area contributed by atoms with E-state index in [0.29, 0.717) is 28.7 Å². The van der Waals surface area contributed by atoms with Crippen LogP contribution in [0.4, 0.5) is 16.3 Å². The summed E-state index contributed by atoms with van der Waals surface area (Å²) < 4.78 is 11.0. The summed E-state index contributed by atoms with van der Waals surface area (Å²) in [7, 11) is 0. The second-order valence-electron chi connectivity index (χ2n) is 10.9. The Bertz CT molecular complexity index is 1930. The topological polar surface area (TPSA) is 106 Å². The molecule has 3 N–H and O–H groups in total. The van der Waals surface area contributed by atoms with Crippen LogP contribution in [0.1, 0.15) is 39.1 Å². The number of carbonyl (C=O) groups is 1. The van der Waals surface area contributed by atoms with Crippen molar-refractivity contribution < 1.29 is 14.6 Å². The average Bonchev–Trinajstić information content (AvgIpc) is 3.65. The number of halogens is 1. The van der Waals surface area contributed by atoms with Gasteiger partial charge in [-0.1, -0.05) is 50.6 Å². The van der Waals surface area contributed by atoms with Gasteiger partial charge in [-0.05, 0) is 61.0 Å². The average molecular weight is 601 g/mol. The zero-order valence-electron chi connectivity index (χ0n) is 23.5. The van der Waals surface area contributed by atoms with E-state index in [2.05, 4.69) is 32.0 Å². The van der Waals surface area contributed by atoms with Crippen molar-refractivity contribution in [2.24, 2.45) is 0 Å². The number of ether oxygens (including phenoxy) is 1. The lowest BCUT2D eigenvalue weighted by atomic mass is 9.92. The molecule has 0 saturated heterocycles. The van der Waals surface area contributed by atoms with Gasteiger partial charge in [0.2, 0.25) is 0 Å². The molecule has 0 aliphatic carbocycles. The van der Waals surface area contributed by atoms with Gasteiger partial charge in [0.05, 0.1) is 32.8 Å². The molecule has 6 rings (SSSR count). The number of aromatic nitrogens is 4. The number of amides is 2. The number of aryl methyl sites for hydroxylation is 1. The largest absolute Gasteiger partial charge is 0.506 e. The molecule has 11 heteroatoms. The van der Waals surface area contributed by atoms with Crippen molar-refractivity contribution in [3.05, 3.63) is 89.3 Å². The van der Waals surface area contributed by atoms with Crippen molar-refractivity contribution in [1.29, 1.82) is 0 Å². The number of benzene rings is 3. The number of phenols is 1. The van der Waals surface area contributed by atoms with Crippen LogP contribution in [0, 0.1) is 0 Å². The Labute approximate surface area is 251 Å². The summed E-state index contributed by atoms with van der Waals surface area (Å²) in [5.41, 5.74) is 3.95. The van der Waals surface area contributed by atoms with Crippen LogP contribution in [0.3, 0.4) is 0 Å². The van der Waals surface area contributed by atoms with Crippen LogP contribution in [0.5, 0.6) is 17.2 Å². The molecule has 0 fully saturated rings. The number of nitrogens with one attached hydrogen (secondary N) is 2. The highest BCUT2D eigenvalue weighted by molar-refractivity contribution is 7.23. The van der Waals surface area contributed by atoms with E-state index in [1.54, 1.807) is 52.4 Å². The number of urea groups is 1. The van der Waals surface area contributed by atoms with Gasteiger partial charge in [-0.2, -0.15) is 5.10 Å². The molecule has 3 heterocycles. The molecule has 0 atom stereocenters. The van der Waals surface area contributed by atoms with E-state index in [0.717, 1.165) is 33.0 Å². The molecule has 9 nitrogen and oxygen atoms in total. The number of rotatable bonds is 6. The second kappa shape index (κ2) is 10.7. The molecule has 214 valence electrons. The van der Waals surface area contributed by atoms with Gasteiger partial charge in [-0.3, -0.25) is 9.72 Å². The van der Waals surface area contributed by atoms with Crippen LogP contribution in [0.25, 0.3) is 20.9 Å². The standard InChI is InChI=1S/C31H29ClN6O3S/c1-5-19-17-33-30-37(19)24-15-22(11-13-26(24)42-30)41-21-9-6-18(7-10-21)34-29(40)35-28-16-27(31(2,3)4)36-38(28)20-8-12-25(39)23(32)14-20/h6-17,39H,5H2,1-4H3,(H2,34,35,40). The maximum atomic E-state index is 13.0. The Morgan fingerprint density at radius 1 is 1.02 bits per heavy atom. The molecule has 6 aromatic rings. The van der Waals surface area contributed by atoms with E-state index in [1.165, 1.54) is 6.07 Å². The van der Waals surface area contributed by atoms with Crippen LogP contribution in [0.15, 0.2) is 72.9 Å². The summed E-state index contributed by atoms with van der Waals surface area (Å²) >= 11 is 7.79. The van der Waals surface area contributed by atoms with Gasteiger partial charge in [0.15, 0.2) is 4.96 Å². The predicted molar refractivity (Wildman–Crippen MR) is 168 cm³/mol. The predicted octanol–water partition coefficient (Wildman–Crippen LogP) is 8.39. The van der Waals surface area contributed by atoms with Crippen LogP contribution in [-0.4, -0.2) is 30.3 Å². The van der Waals surface area contributed by atoms with E-state index in [1.807, 2.05) is 51.2 Å².